The summed E-state index contributed by atoms with van der Waals surface area (Å²) >= 11 is 0. The zero-order valence-electron chi connectivity index (χ0n) is 17.2. The molecule has 30 heavy (non-hydrogen) atoms. The highest BCUT2D eigenvalue weighted by atomic mass is 16.5. The lowest BCUT2D eigenvalue weighted by atomic mass is 10.0. The van der Waals surface area contributed by atoms with Crippen LogP contribution in [0.1, 0.15) is 49.3 Å². The van der Waals surface area contributed by atoms with Crippen molar-refractivity contribution in [2.75, 3.05) is 13.7 Å². The number of hydrazone groups is 1. The smallest absolute Gasteiger partial charge is 0.243 e. The summed E-state index contributed by atoms with van der Waals surface area (Å²) in [6.07, 6.45) is 3.30. The molecule has 2 aromatic rings. The van der Waals surface area contributed by atoms with E-state index in [0.717, 1.165) is 41.9 Å². The number of carbonyl (C=O) groups excluding carboxylic acids is 2. The Kier molecular flexibility index (Phi) is 6.12. The zero-order chi connectivity index (χ0) is 20.9. The van der Waals surface area contributed by atoms with Gasteiger partial charge in [-0.15, -0.1) is 0 Å². The molecule has 6 heteroatoms. The highest BCUT2D eigenvalue weighted by molar-refractivity contribution is 6.02. The fourth-order valence-corrected chi connectivity index (χ4v) is 3.78. The lowest BCUT2D eigenvalue weighted by molar-refractivity contribution is -0.133. The van der Waals surface area contributed by atoms with Gasteiger partial charge in [-0.3, -0.25) is 9.59 Å². The fraction of sp³-hybridized carbons (Fsp3) is 0.375. The summed E-state index contributed by atoms with van der Waals surface area (Å²) in [6.45, 7) is 0.571. The molecule has 0 saturated heterocycles. The predicted octanol–water partition coefficient (Wildman–Crippen LogP) is 3.68. The van der Waals surface area contributed by atoms with E-state index < -0.39 is 0 Å². The van der Waals surface area contributed by atoms with Gasteiger partial charge in [0.2, 0.25) is 11.8 Å². The van der Waals surface area contributed by atoms with Crippen LogP contribution >= 0.6 is 0 Å². The van der Waals surface area contributed by atoms with Crippen LogP contribution in [0.2, 0.25) is 0 Å². The van der Waals surface area contributed by atoms with Crippen molar-refractivity contribution in [2.45, 2.75) is 38.1 Å². The number of hydrogen-bond donors (Lipinski definition) is 1. The van der Waals surface area contributed by atoms with Crippen molar-refractivity contribution in [3.63, 3.8) is 0 Å². The van der Waals surface area contributed by atoms with E-state index in [4.69, 9.17) is 4.74 Å². The van der Waals surface area contributed by atoms with E-state index >= 15 is 0 Å². The monoisotopic (exact) mass is 405 g/mol. The molecule has 2 aromatic carbocycles. The average Bonchev–Trinajstić information content (AvgIpc) is 3.51. The van der Waals surface area contributed by atoms with Gasteiger partial charge in [-0.2, -0.15) is 5.10 Å². The molecule has 0 aromatic heterocycles. The predicted molar refractivity (Wildman–Crippen MR) is 115 cm³/mol. The molecule has 2 amide bonds. The minimum Gasteiger partial charge on any atom is -0.497 e. The van der Waals surface area contributed by atoms with E-state index in [0.29, 0.717) is 12.5 Å². The molecule has 1 fully saturated rings. The van der Waals surface area contributed by atoms with Crippen LogP contribution in [-0.4, -0.2) is 36.2 Å². The molecule has 0 spiro atoms. The minimum atomic E-state index is -0.108. The third-order valence-corrected chi connectivity index (χ3v) is 5.65. The maximum Gasteiger partial charge on any atom is 0.243 e. The first-order valence-electron chi connectivity index (χ1n) is 10.5. The number of methoxy groups -OCH3 is 1. The Balaban J connectivity index is 1.30. The Bertz CT molecular complexity index is 920. The van der Waals surface area contributed by atoms with Crippen LogP contribution in [-0.2, 0) is 9.59 Å². The number of nitrogens with zero attached hydrogens (tertiary/aromatic N) is 2. The number of hydrogen-bond acceptors (Lipinski definition) is 4. The Hall–Kier alpha value is -3.15. The normalized spacial score (nSPS) is 16.7. The van der Waals surface area contributed by atoms with E-state index in [1.54, 1.807) is 7.11 Å². The number of benzene rings is 2. The van der Waals surface area contributed by atoms with Gasteiger partial charge in [0.05, 0.1) is 25.4 Å². The number of nitrogens with one attached hydrogen (secondary N) is 1. The molecule has 4 rings (SSSR count). The van der Waals surface area contributed by atoms with Crippen LogP contribution in [0.25, 0.3) is 0 Å². The van der Waals surface area contributed by atoms with Gasteiger partial charge in [0.25, 0.3) is 0 Å². The van der Waals surface area contributed by atoms with Crippen molar-refractivity contribution >= 4 is 17.5 Å². The molecular formula is C24H27N3O3. The molecule has 0 radical (unpaired) electrons. The van der Waals surface area contributed by atoms with Crippen LogP contribution in [0.5, 0.6) is 5.75 Å². The van der Waals surface area contributed by atoms with E-state index in [2.05, 4.69) is 10.4 Å². The molecule has 1 atom stereocenters. The second-order valence-corrected chi connectivity index (χ2v) is 7.84. The van der Waals surface area contributed by atoms with Crippen molar-refractivity contribution in [2.24, 2.45) is 11.0 Å². The Labute approximate surface area is 176 Å². The quantitative estimate of drug-likeness (QED) is 0.728. The van der Waals surface area contributed by atoms with Crippen molar-refractivity contribution in [3.05, 3.63) is 65.7 Å². The van der Waals surface area contributed by atoms with Crippen molar-refractivity contribution in [3.8, 4) is 5.75 Å². The third kappa shape index (κ3) is 4.87. The first kappa shape index (κ1) is 20.1. The van der Waals surface area contributed by atoms with E-state index in [9.17, 15) is 9.59 Å². The van der Waals surface area contributed by atoms with Gasteiger partial charge in [0.1, 0.15) is 5.75 Å². The molecule has 1 N–H and O–H groups in total. The molecule has 1 heterocycles. The van der Waals surface area contributed by atoms with Crippen molar-refractivity contribution in [1.82, 2.24) is 10.3 Å². The molecule has 1 aliphatic carbocycles. The maximum atomic E-state index is 12.5. The summed E-state index contributed by atoms with van der Waals surface area (Å²) in [5.41, 5.74) is 3.04. The van der Waals surface area contributed by atoms with Crippen molar-refractivity contribution in [1.29, 1.82) is 0 Å². The van der Waals surface area contributed by atoms with Gasteiger partial charge in [0.15, 0.2) is 0 Å². The molecule has 1 saturated carbocycles. The third-order valence-electron chi connectivity index (χ3n) is 5.65. The van der Waals surface area contributed by atoms with E-state index in [1.807, 2.05) is 54.6 Å². The zero-order valence-corrected chi connectivity index (χ0v) is 17.2. The topological polar surface area (TPSA) is 71.0 Å². The maximum absolute atomic E-state index is 12.5. The van der Waals surface area contributed by atoms with E-state index in [1.165, 1.54) is 5.01 Å². The first-order valence-corrected chi connectivity index (χ1v) is 10.5. The molecule has 0 bridgehead atoms. The highest BCUT2D eigenvalue weighted by Gasteiger charge is 2.33. The lowest BCUT2D eigenvalue weighted by Gasteiger charge is -2.19. The largest absolute Gasteiger partial charge is 0.497 e. The number of ether oxygens (including phenoxy) is 1. The van der Waals surface area contributed by atoms with Crippen LogP contribution < -0.4 is 10.1 Å². The highest BCUT2D eigenvalue weighted by Crippen LogP contribution is 2.41. The SMILES string of the molecule is COc1ccc(C(NC(=O)CCC(=O)N2CCC(c3ccccc3)=N2)C2CC2)cc1. The first-order chi connectivity index (χ1) is 14.6. The Morgan fingerprint density at radius 2 is 1.83 bits per heavy atom. The summed E-state index contributed by atoms with van der Waals surface area (Å²) in [7, 11) is 1.64. The van der Waals surface area contributed by atoms with Gasteiger partial charge in [-0.05, 0) is 42.0 Å². The molecule has 2 aliphatic rings. The molecular weight excluding hydrogens is 378 g/mol. The summed E-state index contributed by atoms with van der Waals surface area (Å²) in [5.74, 6) is 1.06. The van der Waals surface area contributed by atoms with E-state index in [-0.39, 0.29) is 30.7 Å². The lowest BCUT2D eigenvalue weighted by Crippen LogP contribution is -2.31. The second kappa shape index (κ2) is 9.11. The van der Waals surface area contributed by atoms with Crippen LogP contribution in [0.15, 0.2) is 59.7 Å². The van der Waals surface area contributed by atoms with Crippen molar-refractivity contribution < 1.29 is 14.3 Å². The fourth-order valence-electron chi connectivity index (χ4n) is 3.78. The van der Waals surface area contributed by atoms with Gasteiger partial charge < -0.3 is 10.1 Å². The average molecular weight is 405 g/mol. The van der Waals surface area contributed by atoms with Crippen LogP contribution in [0, 0.1) is 5.92 Å². The molecule has 6 nitrogen and oxygen atoms in total. The molecule has 1 aliphatic heterocycles. The summed E-state index contributed by atoms with van der Waals surface area (Å²) in [6, 6.07) is 17.7. The van der Waals surface area contributed by atoms with Gasteiger partial charge in [0, 0.05) is 19.3 Å². The summed E-state index contributed by atoms with van der Waals surface area (Å²) in [4.78, 5) is 25.1. The minimum absolute atomic E-state index is 0.00648. The summed E-state index contributed by atoms with van der Waals surface area (Å²) in [5, 5.41) is 9.08. The van der Waals surface area contributed by atoms with Gasteiger partial charge in [-0.25, -0.2) is 5.01 Å². The number of rotatable bonds is 8. The number of carbonyl (C=O) groups is 2. The van der Waals surface area contributed by atoms with Crippen LogP contribution in [0.3, 0.4) is 0 Å². The standard InChI is InChI=1S/C24H27N3O3/c1-30-20-11-9-19(10-12-20)24(18-7-8-18)25-22(28)13-14-23(29)27-16-15-21(26-27)17-5-3-2-4-6-17/h2-6,9-12,18,24H,7-8,13-16H2,1H3,(H,25,28). The Morgan fingerprint density at radius 1 is 1.10 bits per heavy atom. The van der Waals surface area contributed by atoms with Gasteiger partial charge in [-0.1, -0.05) is 42.5 Å². The Morgan fingerprint density at radius 3 is 2.50 bits per heavy atom. The van der Waals surface area contributed by atoms with Crippen LogP contribution in [0.4, 0.5) is 0 Å². The molecule has 156 valence electrons. The second-order valence-electron chi connectivity index (χ2n) is 7.84. The summed E-state index contributed by atoms with van der Waals surface area (Å²) < 4.78 is 5.22. The molecule has 1 unspecified atom stereocenters. The van der Waals surface area contributed by atoms with Gasteiger partial charge >= 0.3 is 0 Å². The number of amides is 2.